The van der Waals surface area contributed by atoms with Crippen molar-refractivity contribution >= 4 is 35.3 Å². The zero-order valence-corrected chi connectivity index (χ0v) is 13.4. The first-order valence-electron chi connectivity index (χ1n) is 7.74. The summed E-state index contributed by atoms with van der Waals surface area (Å²) >= 11 is 0. The summed E-state index contributed by atoms with van der Waals surface area (Å²) in [6.07, 6.45) is -0.261. The number of fused-ring (bicyclic) bond motifs is 1. The molecule has 2 heterocycles. The Balaban J connectivity index is 1.93. The van der Waals surface area contributed by atoms with Gasteiger partial charge in [0.05, 0.1) is 0 Å². The van der Waals surface area contributed by atoms with E-state index >= 15 is 0 Å². The van der Waals surface area contributed by atoms with Crippen LogP contribution < -0.4 is 5.73 Å². The van der Waals surface area contributed by atoms with Gasteiger partial charge in [-0.1, -0.05) is 6.07 Å². The van der Waals surface area contributed by atoms with Crippen LogP contribution in [0.3, 0.4) is 0 Å². The van der Waals surface area contributed by atoms with Crippen molar-refractivity contribution in [1.29, 1.82) is 0 Å². The normalized spacial score (nSPS) is 19.9. The van der Waals surface area contributed by atoms with Gasteiger partial charge in [-0.25, -0.2) is 9.59 Å². The highest BCUT2D eigenvalue weighted by atomic mass is 16.4. The van der Waals surface area contributed by atoms with Gasteiger partial charge in [0, 0.05) is 29.8 Å². The molecule has 1 fully saturated rings. The van der Waals surface area contributed by atoms with Crippen molar-refractivity contribution in [2.45, 2.75) is 31.5 Å². The van der Waals surface area contributed by atoms with Crippen LogP contribution in [0.2, 0.25) is 0 Å². The third kappa shape index (κ3) is 2.55. The molecule has 10 heteroatoms. The lowest BCUT2D eigenvalue weighted by Crippen LogP contribution is -2.61. The maximum atomic E-state index is 12.7. The second-order valence-corrected chi connectivity index (χ2v) is 6.04. The molecule has 0 bridgehead atoms. The minimum atomic E-state index is -2.33. The number of carbonyl (C=O) groups is 5. The van der Waals surface area contributed by atoms with Crippen LogP contribution in [0.5, 0.6) is 0 Å². The number of piperidine rings is 1. The van der Waals surface area contributed by atoms with E-state index in [2.05, 4.69) is 0 Å². The van der Waals surface area contributed by atoms with Gasteiger partial charge in [0.1, 0.15) is 6.04 Å². The summed E-state index contributed by atoms with van der Waals surface area (Å²) in [4.78, 5) is 61.2. The molecule has 0 radical (unpaired) electrons. The average Bonchev–Trinajstić information content (AvgIpc) is 2.89. The zero-order valence-electron chi connectivity index (χ0n) is 13.4. The fourth-order valence-corrected chi connectivity index (χ4v) is 3.30. The Kier molecular flexibility index (Phi) is 4.10. The van der Waals surface area contributed by atoms with Gasteiger partial charge in [0.25, 0.3) is 11.8 Å². The third-order valence-corrected chi connectivity index (χ3v) is 4.56. The molecule has 1 aromatic rings. The molecule has 1 saturated heterocycles. The Morgan fingerprint density at radius 2 is 1.81 bits per heavy atom. The van der Waals surface area contributed by atoms with Crippen LogP contribution in [0.15, 0.2) is 18.2 Å². The Morgan fingerprint density at radius 1 is 1.15 bits per heavy atom. The highest BCUT2D eigenvalue weighted by Crippen LogP contribution is 2.32. The molecule has 136 valence electrons. The van der Waals surface area contributed by atoms with Gasteiger partial charge in [-0.2, -0.15) is 0 Å². The van der Waals surface area contributed by atoms with Gasteiger partial charge in [0.15, 0.2) is 0 Å². The van der Waals surface area contributed by atoms with E-state index in [9.17, 15) is 24.0 Å². The molecule has 0 saturated carbocycles. The number of aliphatic carboxylic acids is 2. The maximum absolute atomic E-state index is 12.7. The summed E-state index contributed by atoms with van der Waals surface area (Å²) in [7, 11) is 0. The number of amides is 3. The summed E-state index contributed by atoms with van der Waals surface area (Å²) in [6, 6.07) is 1.30. The van der Waals surface area contributed by atoms with Crippen LogP contribution in [0, 0.1) is 0 Å². The van der Waals surface area contributed by atoms with Crippen LogP contribution in [0.4, 0.5) is 5.69 Å². The summed E-state index contributed by atoms with van der Waals surface area (Å²) in [6.45, 7) is 0.0318. The predicted octanol–water partition coefficient (Wildman–Crippen LogP) is -0.720. The minimum absolute atomic E-state index is 0.0141. The summed E-state index contributed by atoms with van der Waals surface area (Å²) in [5.74, 6) is -6.05. The van der Waals surface area contributed by atoms with E-state index in [1.54, 1.807) is 18.2 Å². The second kappa shape index (κ2) is 6.14. The van der Waals surface area contributed by atoms with Crippen molar-refractivity contribution < 1.29 is 34.2 Å². The maximum Gasteiger partial charge on any atom is 0.338 e. The third-order valence-electron chi connectivity index (χ3n) is 4.56. The number of anilines is 1. The Bertz CT molecular complexity index is 836. The number of carbonyl (C=O) groups excluding carboxylic acids is 3. The molecule has 0 aromatic heterocycles. The van der Waals surface area contributed by atoms with E-state index in [0.717, 1.165) is 0 Å². The molecule has 3 amide bonds. The summed E-state index contributed by atoms with van der Waals surface area (Å²) < 4.78 is 0. The van der Waals surface area contributed by atoms with Gasteiger partial charge in [0.2, 0.25) is 11.9 Å². The summed E-state index contributed by atoms with van der Waals surface area (Å²) in [5.41, 5.74) is 7.10. The number of carboxylic acids is 2. The number of rotatable bonds is 4. The molecule has 1 atom stereocenters. The molecule has 2 aliphatic rings. The molecular formula is C16H15N3O7. The first-order chi connectivity index (χ1) is 12.2. The molecule has 0 aliphatic carbocycles. The van der Waals surface area contributed by atoms with Gasteiger partial charge in [-0.15, -0.1) is 0 Å². The predicted molar refractivity (Wildman–Crippen MR) is 84.7 cm³/mol. The largest absolute Gasteiger partial charge is 0.479 e. The molecule has 10 nitrogen and oxygen atoms in total. The first-order valence-corrected chi connectivity index (χ1v) is 7.74. The molecule has 0 spiro atoms. The van der Waals surface area contributed by atoms with E-state index in [0.29, 0.717) is 16.8 Å². The number of likely N-dealkylation sites (tertiary alicyclic amines) is 1. The van der Waals surface area contributed by atoms with Crippen molar-refractivity contribution in [2.75, 3.05) is 5.73 Å². The summed E-state index contributed by atoms with van der Waals surface area (Å²) in [5, 5.41) is 18.2. The van der Waals surface area contributed by atoms with Gasteiger partial charge in [-0.05, 0) is 18.6 Å². The molecule has 1 unspecified atom stereocenters. The van der Waals surface area contributed by atoms with Crippen LogP contribution in [0.1, 0.15) is 28.8 Å². The number of nitrogens with zero attached hydrogens (tertiary/aromatic N) is 2. The fourth-order valence-electron chi connectivity index (χ4n) is 3.30. The Hall–Kier alpha value is -3.43. The molecule has 3 rings (SSSR count). The lowest BCUT2D eigenvalue weighted by molar-refractivity contribution is -0.171. The highest BCUT2D eigenvalue weighted by molar-refractivity contribution is 6.11. The van der Waals surface area contributed by atoms with Gasteiger partial charge < -0.3 is 20.8 Å². The van der Waals surface area contributed by atoms with Crippen molar-refractivity contribution in [2.24, 2.45) is 0 Å². The van der Waals surface area contributed by atoms with Crippen LogP contribution >= 0.6 is 0 Å². The molecular weight excluding hydrogens is 346 g/mol. The van der Waals surface area contributed by atoms with E-state index in [-0.39, 0.29) is 24.3 Å². The number of benzene rings is 1. The lowest BCUT2D eigenvalue weighted by Gasteiger charge is -2.36. The minimum Gasteiger partial charge on any atom is -0.479 e. The number of nitrogen functional groups attached to an aromatic ring is 1. The smallest absolute Gasteiger partial charge is 0.338 e. The zero-order chi connectivity index (χ0) is 19.2. The van der Waals surface area contributed by atoms with E-state index in [4.69, 9.17) is 15.9 Å². The van der Waals surface area contributed by atoms with E-state index in [1.807, 2.05) is 0 Å². The molecule has 26 heavy (non-hydrogen) atoms. The van der Waals surface area contributed by atoms with Crippen molar-refractivity contribution in [3.8, 4) is 0 Å². The van der Waals surface area contributed by atoms with Crippen LogP contribution in [-0.2, 0) is 25.7 Å². The van der Waals surface area contributed by atoms with E-state index in [1.165, 1.54) is 4.90 Å². The Morgan fingerprint density at radius 3 is 2.38 bits per heavy atom. The number of hydrogen-bond donors (Lipinski definition) is 3. The quantitative estimate of drug-likeness (QED) is 0.360. The Labute approximate surface area is 146 Å². The first kappa shape index (κ1) is 17.4. The number of nitrogens with two attached hydrogens (primary N) is 1. The second-order valence-electron chi connectivity index (χ2n) is 6.04. The van der Waals surface area contributed by atoms with Gasteiger partial charge >= 0.3 is 11.9 Å². The number of carboxylic acid groups (broad SMARTS) is 2. The van der Waals surface area contributed by atoms with Crippen molar-refractivity contribution in [3.63, 3.8) is 0 Å². The molecule has 4 N–H and O–H groups in total. The SMILES string of the molecule is Nc1cccc2c1CN(C1CCC(=O)N(C(C(=O)O)C(=O)O)C1=O)C2=O. The van der Waals surface area contributed by atoms with Gasteiger partial charge in [-0.3, -0.25) is 19.3 Å². The fraction of sp³-hybridized carbons (Fsp3) is 0.312. The topological polar surface area (TPSA) is 158 Å². The van der Waals surface area contributed by atoms with Crippen molar-refractivity contribution in [3.05, 3.63) is 29.3 Å². The lowest BCUT2D eigenvalue weighted by atomic mass is 10.00. The number of hydrogen-bond acceptors (Lipinski definition) is 6. The number of imide groups is 1. The molecule has 1 aromatic carbocycles. The van der Waals surface area contributed by atoms with Crippen molar-refractivity contribution in [1.82, 2.24) is 9.80 Å². The van der Waals surface area contributed by atoms with Crippen LogP contribution in [0.25, 0.3) is 0 Å². The monoisotopic (exact) mass is 361 g/mol. The highest BCUT2D eigenvalue weighted by Gasteiger charge is 2.49. The van der Waals surface area contributed by atoms with E-state index < -0.39 is 41.7 Å². The standard InChI is InChI=1S/C16H15N3O7/c17-9-3-1-2-7-8(9)6-18(13(7)21)10-4-5-11(20)19(14(10)22)12(15(23)24)16(25)26/h1-3,10,12H,4-6,17H2,(H,23,24)(H,25,26). The molecule has 2 aliphatic heterocycles. The van der Waals surface area contributed by atoms with Crippen LogP contribution in [-0.4, -0.2) is 61.8 Å². The average molecular weight is 361 g/mol.